The van der Waals surface area contributed by atoms with Crippen molar-refractivity contribution in [3.05, 3.63) is 75.6 Å². The third-order valence-electron chi connectivity index (χ3n) is 5.36. The molecule has 0 bridgehead atoms. The number of carbonyl (C=O) groups excluding carboxylic acids is 2. The molecule has 6 nitrogen and oxygen atoms in total. The Kier molecular flexibility index (Phi) is 6.53. The molecule has 3 aromatic rings. The van der Waals surface area contributed by atoms with Gasteiger partial charge in [0.15, 0.2) is 0 Å². The Hall–Kier alpha value is -3.41. The highest BCUT2D eigenvalue weighted by atomic mass is 16.5. The summed E-state index contributed by atoms with van der Waals surface area (Å²) >= 11 is 0. The van der Waals surface area contributed by atoms with Crippen LogP contribution >= 0.6 is 0 Å². The smallest absolute Gasteiger partial charge is 0.336 e. The zero-order chi connectivity index (χ0) is 23.6. The van der Waals surface area contributed by atoms with Crippen LogP contribution in [0.4, 0.5) is 0 Å². The summed E-state index contributed by atoms with van der Waals surface area (Å²) in [5, 5.41) is 3.54. The van der Waals surface area contributed by atoms with Crippen molar-refractivity contribution in [3.8, 4) is 5.75 Å². The summed E-state index contributed by atoms with van der Waals surface area (Å²) in [6.45, 7) is 11.8. The lowest BCUT2D eigenvalue weighted by Gasteiger charge is -2.22. The number of esters is 1. The van der Waals surface area contributed by atoms with Gasteiger partial charge in [-0.3, -0.25) is 4.79 Å². The second-order valence-corrected chi connectivity index (χ2v) is 9.35. The van der Waals surface area contributed by atoms with E-state index in [9.17, 15) is 14.4 Å². The third kappa shape index (κ3) is 5.25. The second kappa shape index (κ2) is 8.99. The monoisotopic (exact) mass is 435 g/mol. The molecule has 0 fully saturated rings. The van der Waals surface area contributed by atoms with Gasteiger partial charge in [0, 0.05) is 23.1 Å². The molecule has 0 spiro atoms. The molecule has 0 unspecified atom stereocenters. The van der Waals surface area contributed by atoms with E-state index in [1.54, 1.807) is 24.3 Å². The molecule has 0 saturated heterocycles. The van der Waals surface area contributed by atoms with Crippen molar-refractivity contribution in [3.63, 3.8) is 0 Å². The van der Waals surface area contributed by atoms with E-state index in [0.29, 0.717) is 11.1 Å². The molecule has 32 heavy (non-hydrogen) atoms. The predicted molar refractivity (Wildman–Crippen MR) is 124 cm³/mol. The molecule has 1 amide bonds. The predicted octanol–water partition coefficient (Wildman–Crippen LogP) is 4.76. The van der Waals surface area contributed by atoms with Crippen LogP contribution in [-0.4, -0.2) is 17.9 Å². The summed E-state index contributed by atoms with van der Waals surface area (Å²) in [4.78, 5) is 37.3. The summed E-state index contributed by atoms with van der Waals surface area (Å²) in [5.74, 6) is -0.887. The Morgan fingerprint density at radius 1 is 1.00 bits per heavy atom. The third-order valence-corrected chi connectivity index (χ3v) is 5.36. The minimum absolute atomic E-state index is 0.0170. The summed E-state index contributed by atoms with van der Waals surface area (Å²) < 4.78 is 10.7. The number of carbonyl (C=O) groups is 2. The molecule has 0 aliphatic carbocycles. The van der Waals surface area contributed by atoms with Gasteiger partial charge >= 0.3 is 11.6 Å². The number of fused-ring (bicyclic) bond motifs is 1. The molecule has 1 N–H and O–H groups in total. The fourth-order valence-corrected chi connectivity index (χ4v) is 3.39. The molecule has 1 heterocycles. The van der Waals surface area contributed by atoms with Crippen LogP contribution in [0.25, 0.3) is 11.0 Å². The Morgan fingerprint density at radius 2 is 1.66 bits per heavy atom. The van der Waals surface area contributed by atoms with Crippen LogP contribution in [0, 0.1) is 12.8 Å². The Morgan fingerprint density at radius 3 is 2.25 bits per heavy atom. The number of ether oxygens (including phenoxy) is 1. The Labute approximate surface area is 187 Å². The Bertz CT molecular complexity index is 1200. The molecule has 6 heteroatoms. The number of hydrogen-bond acceptors (Lipinski definition) is 5. The van der Waals surface area contributed by atoms with Crippen molar-refractivity contribution in [2.75, 3.05) is 0 Å². The van der Waals surface area contributed by atoms with E-state index in [1.807, 2.05) is 32.9 Å². The molecule has 1 atom stereocenters. The van der Waals surface area contributed by atoms with Crippen LogP contribution in [0.15, 0.2) is 57.7 Å². The average molecular weight is 436 g/mol. The van der Waals surface area contributed by atoms with Gasteiger partial charge in [-0.25, -0.2) is 9.59 Å². The summed E-state index contributed by atoms with van der Waals surface area (Å²) in [5.41, 5.74) is 2.22. The number of hydrogen-bond donors (Lipinski definition) is 1. The maximum absolute atomic E-state index is 12.8. The Balaban J connectivity index is 1.76. The fourth-order valence-electron chi connectivity index (χ4n) is 3.39. The summed E-state index contributed by atoms with van der Waals surface area (Å²) in [6.07, 6.45) is 0. The van der Waals surface area contributed by atoms with Crippen molar-refractivity contribution in [1.82, 2.24) is 5.32 Å². The maximum Gasteiger partial charge on any atom is 0.336 e. The highest BCUT2D eigenvalue weighted by Gasteiger charge is 2.27. The number of benzene rings is 2. The van der Waals surface area contributed by atoms with E-state index in [-0.39, 0.29) is 23.0 Å². The first-order chi connectivity index (χ1) is 15.0. The number of aryl methyl sites for hydroxylation is 1. The molecule has 0 aliphatic heterocycles. The van der Waals surface area contributed by atoms with Crippen molar-refractivity contribution < 1.29 is 18.7 Å². The minimum Gasteiger partial charge on any atom is -0.425 e. The number of amides is 1. The van der Waals surface area contributed by atoms with Gasteiger partial charge in [0.1, 0.15) is 17.4 Å². The lowest BCUT2D eigenvalue weighted by molar-refractivity contribution is -0.137. The van der Waals surface area contributed by atoms with Crippen LogP contribution in [0.3, 0.4) is 0 Å². The first-order valence-electron chi connectivity index (χ1n) is 10.6. The van der Waals surface area contributed by atoms with E-state index in [4.69, 9.17) is 9.15 Å². The van der Waals surface area contributed by atoms with Crippen LogP contribution < -0.4 is 15.7 Å². The van der Waals surface area contributed by atoms with E-state index in [1.165, 1.54) is 12.1 Å². The highest BCUT2D eigenvalue weighted by molar-refractivity contribution is 5.97. The molecule has 0 aliphatic rings. The minimum atomic E-state index is -0.843. The van der Waals surface area contributed by atoms with E-state index < -0.39 is 17.6 Å². The van der Waals surface area contributed by atoms with E-state index in [0.717, 1.165) is 16.5 Å². The lowest BCUT2D eigenvalue weighted by Crippen LogP contribution is -2.46. The van der Waals surface area contributed by atoms with Crippen LogP contribution in [0.1, 0.15) is 56.1 Å². The maximum atomic E-state index is 12.8. The average Bonchev–Trinajstić information content (AvgIpc) is 2.70. The van der Waals surface area contributed by atoms with E-state index >= 15 is 0 Å². The molecule has 0 radical (unpaired) electrons. The standard InChI is InChI=1S/C26H29NO5/c1-15(2)23(27-24(29)17-7-9-18(10-8-17)26(4,5)6)25(30)31-19-11-12-20-16(3)13-22(28)32-21(20)14-19/h7-15,23H,1-6H3,(H,27,29)/t23-/m1/s1. The van der Waals surface area contributed by atoms with Crippen LogP contribution in [-0.2, 0) is 10.2 Å². The van der Waals surface area contributed by atoms with Gasteiger partial charge in [-0.2, -0.15) is 0 Å². The largest absolute Gasteiger partial charge is 0.425 e. The fraction of sp³-hybridized carbons (Fsp3) is 0.346. The molecule has 0 saturated carbocycles. The highest BCUT2D eigenvalue weighted by Crippen LogP contribution is 2.24. The van der Waals surface area contributed by atoms with Crippen LogP contribution in [0.5, 0.6) is 5.75 Å². The van der Waals surface area contributed by atoms with Crippen LogP contribution in [0.2, 0.25) is 0 Å². The van der Waals surface area contributed by atoms with Gasteiger partial charge in [0.2, 0.25) is 0 Å². The zero-order valence-electron chi connectivity index (χ0n) is 19.3. The van der Waals surface area contributed by atoms with Gasteiger partial charge in [0.25, 0.3) is 5.91 Å². The van der Waals surface area contributed by atoms with Gasteiger partial charge < -0.3 is 14.5 Å². The van der Waals surface area contributed by atoms with Crippen molar-refractivity contribution in [1.29, 1.82) is 0 Å². The van der Waals surface area contributed by atoms with Crippen molar-refractivity contribution in [2.24, 2.45) is 5.92 Å². The molecule has 1 aromatic heterocycles. The summed E-state index contributed by atoms with van der Waals surface area (Å²) in [7, 11) is 0. The van der Waals surface area contributed by atoms with Gasteiger partial charge in [-0.05, 0) is 53.6 Å². The number of nitrogens with one attached hydrogen (secondary N) is 1. The van der Waals surface area contributed by atoms with E-state index in [2.05, 4.69) is 26.1 Å². The number of rotatable bonds is 5. The second-order valence-electron chi connectivity index (χ2n) is 9.35. The molecule has 2 aromatic carbocycles. The van der Waals surface area contributed by atoms with Gasteiger partial charge in [-0.15, -0.1) is 0 Å². The zero-order valence-corrected chi connectivity index (χ0v) is 19.3. The summed E-state index contributed by atoms with van der Waals surface area (Å²) in [6, 6.07) is 12.8. The SMILES string of the molecule is Cc1cc(=O)oc2cc(OC(=O)[C@H](NC(=O)c3ccc(C(C)(C)C)cc3)C(C)C)ccc12. The molecule has 3 rings (SSSR count). The molecular weight excluding hydrogens is 406 g/mol. The quantitative estimate of drug-likeness (QED) is 0.355. The molecule has 168 valence electrons. The van der Waals surface area contributed by atoms with Crippen molar-refractivity contribution in [2.45, 2.75) is 53.0 Å². The lowest BCUT2D eigenvalue weighted by atomic mass is 9.86. The normalized spacial score (nSPS) is 12.6. The van der Waals surface area contributed by atoms with Crippen molar-refractivity contribution >= 4 is 22.8 Å². The topological polar surface area (TPSA) is 85.6 Å². The van der Waals surface area contributed by atoms with Gasteiger partial charge in [-0.1, -0.05) is 46.8 Å². The molecular formula is C26H29NO5. The first-order valence-corrected chi connectivity index (χ1v) is 10.6. The van der Waals surface area contributed by atoms with Gasteiger partial charge in [0.05, 0.1) is 0 Å². The first kappa shape index (κ1) is 23.3.